The second-order valence-electron chi connectivity index (χ2n) is 7.37. The molecular weight excluding hydrogens is 429 g/mol. The van der Waals surface area contributed by atoms with E-state index in [-0.39, 0.29) is 5.02 Å². The van der Waals surface area contributed by atoms with Crippen molar-refractivity contribution in [2.45, 2.75) is 31.1 Å². The van der Waals surface area contributed by atoms with Crippen molar-refractivity contribution in [2.24, 2.45) is 0 Å². The summed E-state index contributed by atoms with van der Waals surface area (Å²) in [5.41, 5.74) is 0.407. The van der Waals surface area contributed by atoms with Crippen LogP contribution in [0.2, 0.25) is 10.0 Å². The van der Waals surface area contributed by atoms with E-state index in [1.807, 2.05) is 18.2 Å². The van der Waals surface area contributed by atoms with E-state index in [1.165, 1.54) is 0 Å². The maximum absolute atomic E-state index is 13.1. The second kappa shape index (κ2) is 8.74. The zero-order chi connectivity index (χ0) is 21.1. The van der Waals surface area contributed by atoms with Crippen LogP contribution >= 0.6 is 23.2 Å². The third-order valence-electron chi connectivity index (χ3n) is 5.50. The van der Waals surface area contributed by atoms with Crippen molar-refractivity contribution in [1.82, 2.24) is 0 Å². The number of rotatable bonds is 5. The number of benzene rings is 2. The molecule has 2 aromatic rings. The average Bonchev–Trinajstić information content (AvgIpc) is 3.26. The van der Waals surface area contributed by atoms with Gasteiger partial charge in [-0.15, -0.1) is 0 Å². The fourth-order valence-electron chi connectivity index (χ4n) is 3.99. The van der Waals surface area contributed by atoms with Crippen LogP contribution in [0.4, 0.5) is 5.69 Å². The predicted molar refractivity (Wildman–Crippen MR) is 114 cm³/mol. The summed E-state index contributed by atoms with van der Waals surface area (Å²) in [6.07, 6.45) is 3.14. The lowest BCUT2D eigenvalue weighted by atomic mass is 9.78. The highest BCUT2D eigenvalue weighted by Gasteiger charge is 2.45. The molecule has 0 radical (unpaired) electrons. The number of hydrogen-bond acceptors (Lipinski definition) is 5. The molecule has 1 N–H and O–H groups in total. The van der Waals surface area contributed by atoms with Crippen LogP contribution in [0.1, 0.15) is 31.2 Å². The monoisotopic (exact) mass is 449 g/mol. The van der Waals surface area contributed by atoms with E-state index >= 15 is 0 Å². The van der Waals surface area contributed by atoms with Crippen molar-refractivity contribution in [2.75, 3.05) is 25.1 Å². The quantitative estimate of drug-likeness (QED) is 0.666. The molecule has 1 saturated carbocycles. The first-order valence-electron chi connectivity index (χ1n) is 9.81. The molecule has 30 heavy (non-hydrogen) atoms. The minimum atomic E-state index is -0.788. The molecule has 2 aliphatic rings. The highest BCUT2D eigenvalue weighted by Crippen LogP contribution is 2.45. The highest BCUT2D eigenvalue weighted by atomic mass is 35.5. The number of carbonyl (C=O) groups excluding carboxylic acids is 2. The van der Waals surface area contributed by atoms with Crippen molar-refractivity contribution in [1.29, 1.82) is 0 Å². The number of fused-ring (bicyclic) bond motifs is 1. The lowest BCUT2D eigenvalue weighted by Gasteiger charge is -2.28. The molecule has 0 aromatic heterocycles. The van der Waals surface area contributed by atoms with Crippen LogP contribution in [0.25, 0.3) is 0 Å². The highest BCUT2D eigenvalue weighted by molar-refractivity contribution is 6.44. The molecule has 4 rings (SSSR count). The predicted octanol–water partition coefficient (Wildman–Crippen LogP) is 4.76. The summed E-state index contributed by atoms with van der Waals surface area (Å²) in [5.74, 6) is 0.405. The lowest BCUT2D eigenvalue weighted by Crippen LogP contribution is -2.36. The Labute approximate surface area is 184 Å². The third-order valence-corrected chi connectivity index (χ3v) is 6.32. The molecule has 158 valence electrons. The van der Waals surface area contributed by atoms with Gasteiger partial charge in [-0.2, -0.15) is 0 Å². The van der Waals surface area contributed by atoms with Crippen LogP contribution in [0.15, 0.2) is 36.4 Å². The summed E-state index contributed by atoms with van der Waals surface area (Å²) in [4.78, 5) is 25.4. The largest absolute Gasteiger partial charge is 0.486 e. The number of nitrogens with one attached hydrogen (secondary N) is 1. The first kappa shape index (κ1) is 20.8. The van der Waals surface area contributed by atoms with Gasteiger partial charge >= 0.3 is 5.97 Å². The molecule has 0 bridgehead atoms. The van der Waals surface area contributed by atoms with E-state index < -0.39 is 23.9 Å². The Morgan fingerprint density at radius 3 is 2.53 bits per heavy atom. The zero-order valence-corrected chi connectivity index (χ0v) is 17.7. The molecule has 0 atom stereocenters. The standard InChI is InChI=1S/C22H21Cl2NO5/c23-15-4-3-5-16(20(15)24)25-19(26)13-30-21(27)22(8-1-2-9-22)14-6-7-17-18(12-14)29-11-10-28-17/h3-7,12H,1-2,8-11,13H2,(H,25,26). The van der Waals surface area contributed by atoms with Gasteiger partial charge in [0, 0.05) is 0 Å². The van der Waals surface area contributed by atoms with Crippen LogP contribution in [0.3, 0.4) is 0 Å². The topological polar surface area (TPSA) is 73.9 Å². The lowest BCUT2D eigenvalue weighted by molar-refractivity contribution is -0.153. The molecule has 1 fully saturated rings. The molecule has 1 aliphatic heterocycles. The van der Waals surface area contributed by atoms with E-state index in [4.69, 9.17) is 37.4 Å². The molecule has 8 heteroatoms. The number of carbonyl (C=O) groups is 2. The summed E-state index contributed by atoms with van der Waals surface area (Å²) in [6.45, 7) is 0.569. The minimum absolute atomic E-state index is 0.238. The van der Waals surface area contributed by atoms with E-state index in [2.05, 4.69) is 5.32 Å². The van der Waals surface area contributed by atoms with Crippen LogP contribution in [-0.4, -0.2) is 31.7 Å². The smallest absolute Gasteiger partial charge is 0.317 e. The Morgan fingerprint density at radius 2 is 1.77 bits per heavy atom. The Morgan fingerprint density at radius 1 is 1.03 bits per heavy atom. The van der Waals surface area contributed by atoms with Gasteiger partial charge in [-0.1, -0.05) is 48.2 Å². The first-order valence-corrected chi connectivity index (χ1v) is 10.6. The van der Waals surface area contributed by atoms with E-state index in [0.717, 1.165) is 18.4 Å². The van der Waals surface area contributed by atoms with Crippen LogP contribution in [0.5, 0.6) is 11.5 Å². The van der Waals surface area contributed by atoms with Gasteiger partial charge in [0.2, 0.25) is 0 Å². The van der Waals surface area contributed by atoms with Crippen molar-refractivity contribution >= 4 is 40.8 Å². The Balaban J connectivity index is 1.46. The maximum Gasteiger partial charge on any atom is 0.317 e. The number of halogens is 2. The van der Waals surface area contributed by atoms with Crippen molar-refractivity contribution in [3.63, 3.8) is 0 Å². The maximum atomic E-state index is 13.1. The summed E-state index contributed by atoms with van der Waals surface area (Å²) >= 11 is 12.0. The molecule has 0 unspecified atom stereocenters. The molecule has 6 nitrogen and oxygen atoms in total. The molecule has 0 spiro atoms. The summed E-state index contributed by atoms with van der Waals surface area (Å²) in [6, 6.07) is 10.5. The number of ether oxygens (including phenoxy) is 3. The molecule has 0 saturated heterocycles. The van der Waals surface area contributed by atoms with Crippen LogP contribution in [-0.2, 0) is 19.7 Å². The SMILES string of the molecule is O=C(COC(=O)C1(c2ccc3c(c2)OCCO3)CCCC1)Nc1cccc(Cl)c1Cl. The van der Waals surface area contributed by atoms with Crippen LogP contribution < -0.4 is 14.8 Å². The van der Waals surface area contributed by atoms with Gasteiger partial charge in [0.15, 0.2) is 18.1 Å². The van der Waals surface area contributed by atoms with Gasteiger partial charge in [-0.3, -0.25) is 9.59 Å². The fourth-order valence-corrected chi connectivity index (χ4v) is 4.33. The summed E-state index contributed by atoms with van der Waals surface area (Å²) in [7, 11) is 0. The van der Waals surface area contributed by atoms with Gasteiger partial charge < -0.3 is 19.5 Å². The summed E-state index contributed by atoms with van der Waals surface area (Å²) in [5, 5.41) is 3.19. The average molecular weight is 450 g/mol. The van der Waals surface area contributed by atoms with Crippen LogP contribution in [0, 0.1) is 0 Å². The first-order chi connectivity index (χ1) is 14.5. The number of hydrogen-bond donors (Lipinski definition) is 1. The Hall–Kier alpha value is -2.44. The fraction of sp³-hybridized carbons (Fsp3) is 0.364. The minimum Gasteiger partial charge on any atom is -0.486 e. The van der Waals surface area contributed by atoms with Gasteiger partial charge in [0.25, 0.3) is 5.91 Å². The van der Waals surface area contributed by atoms with Crippen molar-refractivity contribution in [3.8, 4) is 11.5 Å². The number of amides is 1. The molecule has 1 amide bonds. The second-order valence-corrected chi connectivity index (χ2v) is 8.16. The van der Waals surface area contributed by atoms with E-state index in [1.54, 1.807) is 18.2 Å². The van der Waals surface area contributed by atoms with E-state index in [0.29, 0.717) is 48.3 Å². The van der Waals surface area contributed by atoms with Gasteiger partial charge in [-0.25, -0.2) is 0 Å². The molecule has 1 aliphatic carbocycles. The van der Waals surface area contributed by atoms with Crippen molar-refractivity contribution in [3.05, 3.63) is 52.0 Å². The van der Waals surface area contributed by atoms with E-state index in [9.17, 15) is 9.59 Å². The zero-order valence-electron chi connectivity index (χ0n) is 16.2. The third kappa shape index (κ3) is 4.07. The van der Waals surface area contributed by atoms with Gasteiger partial charge in [0.05, 0.1) is 21.1 Å². The normalized spacial score (nSPS) is 16.7. The number of esters is 1. The molecule has 2 aromatic carbocycles. The number of anilines is 1. The molecule has 1 heterocycles. The summed E-state index contributed by atoms with van der Waals surface area (Å²) < 4.78 is 16.7. The molecular formula is C22H21Cl2NO5. The Kier molecular flexibility index (Phi) is 6.06. The van der Waals surface area contributed by atoms with Gasteiger partial charge in [0.1, 0.15) is 13.2 Å². The van der Waals surface area contributed by atoms with Crippen molar-refractivity contribution < 1.29 is 23.8 Å². The Bertz CT molecular complexity index is 972. The van der Waals surface area contributed by atoms with Gasteiger partial charge in [-0.05, 0) is 42.7 Å².